The van der Waals surface area contributed by atoms with Crippen molar-refractivity contribution in [2.75, 3.05) is 25.4 Å². The van der Waals surface area contributed by atoms with Crippen LogP contribution in [0.5, 0.6) is 0 Å². The van der Waals surface area contributed by atoms with Crippen LogP contribution in [0.2, 0.25) is 0 Å². The van der Waals surface area contributed by atoms with E-state index >= 15 is 0 Å². The molecule has 0 aliphatic carbocycles. The molecule has 0 spiro atoms. The van der Waals surface area contributed by atoms with Crippen LogP contribution in [0.25, 0.3) is 10.9 Å². The number of amides is 1. The number of ether oxygens (including phenoxy) is 1. The number of H-pyrrole nitrogens is 1. The van der Waals surface area contributed by atoms with Gasteiger partial charge in [0.05, 0.1) is 12.0 Å². The molecule has 1 aromatic heterocycles. The molecule has 1 aromatic carbocycles. The Balaban J connectivity index is 1.66. The van der Waals surface area contributed by atoms with E-state index in [4.69, 9.17) is 4.74 Å². The lowest BCUT2D eigenvalue weighted by molar-refractivity contribution is -0.159. The molecule has 1 atom stereocenters. The Morgan fingerprint density at radius 1 is 1.24 bits per heavy atom. The molecule has 29 heavy (non-hydrogen) atoms. The molecule has 3 rings (SSSR count). The molecule has 2 aromatic rings. The smallest absolute Gasteiger partial charge is 0.312 e. The highest BCUT2D eigenvalue weighted by atomic mass is 32.1. The number of piperidine rings is 1. The van der Waals surface area contributed by atoms with E-state index in [2.05, 4.69) is 17.6 Å². The largest absolute Gasteiger partial charge is 0.466 e. The third-order valence-electron chi connectivity index (χ3n) is 6.29. The quantitative estimate of drug-likeness (QED) is 0.373. The van der Waals surface area contributed by atoms with Gasteiger partial charge in [0.15, 0.2) is 0 Å². The topological polar surface area (TPSA) is 62.4 Å². The van der Waals surface area contributed by atoms with Gasteiger partial charge in [-0.2, -0.15) is 12.6 Å². The summed E-state index contributed by atoms with van der Waals surface area (Å²) >= 11 is 4.29. The van der Waals surface area contributed by atoms with Crippen LogP contribution in [0.3, 0.4) is 0 Å². The summed E-state index contributed by atoms with van der Waals surface area (Å²) < 4.78 is 5.42. The molecule has 158 valence electrons. The first-order chi connectivity index (χ1) is 14.0. The highest BCUT2D eigenvalue weighted by molar-refractivity contribution is 7.80. The number of carbonyl (C=O) groups excluding carboxylic acids is 2. The van der Waals surface area contributed by atoms with Gasteiger partial charge in [0.1, 0.15) is 5.69 Å². The van der Waals surface area contributed by atoms with Crippen molar-refractivity contribution >= 4 is 35.4 Å². The second kappa shape index (κ2) is 9.70. The van der Waals surface area contributed by atoms with Gasteiger partial charge in [-0.25, -0.2) is 0 Å². The Kier molecular flexibility index (Phi) is 7.28. The Labute approximate surface area is 178 Å². The molecule has 2 heterocycles. The van der Waals surface area contributed by atoms with Crippen LogP contribution in [0.1, 0.15) is 56.4 Å². The number of fused-ring (bicyclic) bond motifs is 1. The van der Waals surface area contributed by atoms with Crippen molar-refractivity contribution in [2.24, 2.45) is 11.3 Å². The molecule has 1 saturated heterocycles. The zero-order valence-electron chi connectivity index (χ0n) is 17.4. The molecule has 5 nitrogen and oxygen atoms in total. The van der Waals surface area contributed by atoms with Crippen LogP contribution in [0.15, 0.2) is 30.3 Å². The van der Waals surface area contributed by atoms with E-state index < -0.39 is 5.41 Å². The number of nitrogens with zero attached hydrogens (tertiary/aromatic N) is 1. The molecule has 1 aliphatic rings. The van der Waals surface area contributed by atoms with E-state index in [9.17, 15) is 9.59 Å². The average molecular weight is 417 g/mol. The number of nitrogens with one attached hydrogen (secondary N) is 1. The maximum atomic E-state index is 13.0. The van der Waals surface area contributed by atoms with Gasteiger partial charge in [-0.1, -0.05) is 24.6 Å². The second-order valence-corrected chi connectivity index (χ2v) is 8.60. The van der Waals surface area contributed by atoms with Crippen molar-refractivity contribution in [3.05, 3.63) is 36.0 Å². The molecule has 0 bridgehead atoms. The lowest BCUT2D eigenvalue weighted by Crippen LogP contribution is -2.46. The fourth-order valence-corrected chi connectivity index (χ4v) is 4.68. The van der Waals surface area contributed by atoms with E-state index in [0.717, 1.165) is 48.8 Å². The van der Waals surface area contributed by atoms with E-state index in [0.29, 0.717) is 25.4 Å². The van der Waals surface area contributed by atoms with E-state index in [1.165, 1.54) is 0 Å². The molecule has 1 unspecified atom stereocenters. The van der Waals surface area contributed by atoms with Crippen LogP contribution >= 0.6 is 12.6 Å². The van der Waals surface area contributed by atoms with Crippen LogP contribution in [0.4, 0.5) is 0 Å². The fourth-order valence-electron chi connectivity index (χ4n) is 4.45. The van der Waals surface area contributed by atoms with E-state index in [-0.39, 0.29) is 17.8 Å². The Morgan fingerprint density at radius 2 is 1.97 bits per heavy atom. The number of likely N-dealkylation sites (tertiary alicyclic amines) is 1. The molecular formula is C23H32N2O3S. The van der Waals surface area contributed by atoms with E-state index in [1.54, 1.807) is 0 Å². The first-order valence-corrected chi connectivity index (χ1v) is 11.3. The van der Waals surface area contributed by atoms with Crippen molar-refractivity contribution in [3.63, 3.8) is 0 Å². The third kappa shape index (κ3) is 4.80. The Morgan fingerprint density at radius 3 is 2.62 bits per heavy atom. The van der Waals surface area contributed by atoms with Gasteiger partial charge in [0.25, 0.3) is 5.91 Å². The summed E-state index contributed by atoms with van der Waals surface area (Å²) in [5.41, 5.74) is 1.12. The van der Waals surface area contributed by atoms with Crippen molar-refractivity contribution < 1.29 is 14.3 Å². The van der Waals surface area contributed by atoms with Gasteiger partial charge in [0, 0.05) is 24.0 Å². The normalized spacial score (nSPS) is 17.3. The third-order valence-corrected chi connectivity index (χ3v) is 6.61. The number of aromatic nitrogens is 1. The van der Waals surface area contributed by atoms with Crippen molar-refractivity contribution in [1.82, 2.24) is 9.88 Å². The number of hydrogen-bond acceptors (Lipinski definition) is 4. The van der Waals surface area contributed by atoms with Gasteiger partial charge in [0.2, 0.25) is 0 Å². The van der Waals surface area contributed by atoms with Crippen molar-refractivity contribution in [3.8, 4) is 0 Å². The molecular weight excluding hydrogens is 384 g/mol. The standard InChI is InChI=1S/C23H32N2O3S/c1-3-28-22(27)23(2,12-6-7-15-29)18-10-13-25(14-11-18)21(26)20-16-17-8-4-5-9-19(17)24-20/h4-5,8-9,16,18,24,29H,3,6-7,10-15H2,1-2H3. The molecule has 6 heteroatoms. The van der Waals surface area contributed by atoms with Crippen LogP contribution < -0.4 is 0 Å². The maximum Gasteiger partial charge on any atom is 0.312 e. The number of esters is 1. The molecule has 1 aliphatic heterocycles. The molecule has 0 radical (unpaired) electrons. The van der Waals surface area contributed by atoms with Gasteiger partial charge in [-0.15, -0.1) is 0 Å². The van der Waals surface area contributed by atoms with Gasteiger partial charge >= 0.3 is 5.97 Å². The summed E-state index contributed by atoms with van der Waals surface area (Å²) in [6, 6.07) is 9.84. The zero-order valence-corrected chi connectivity index (χ0v) is 18.3. The first kappa shape index (κ1) is 21.8. The SMILES string of the molecule is CCOC(=O)C(C)(CCCCS)C1CCN(C(=O)c2cc3ccccc3[nH]2)CC1. The van der Waals surface area contributed by atoms with Crippen LogP contribution in [-0.2, 0) is 9.53 Å². The number of benzene rings is 1. The summed E-state index contributed by atoms with van der Waals surface area (Å²) in [6.07, 6.45) is 4.42. The number of carbonyl (C=O) groups is 2. The molecule has 0 saturated carbocycles. The summed E-state index contributed by atoms with van der Waals surface area (Å²) in [7, 11) is 0. The minimum absolute atomic E-state index is 0.0348. The predicted octanol–water partition coefficient (Wildman–Crippen LogP) is 4.69. The number of rotatable bonds is 8. The zero-order chi connectivity index (χ0) is 20.9. The van der Waals surface area contributed by atoms with Crippen molar-refractivity contribution in [1.29, 1.82) is 0 Å². The Bertz CT molecular complexity index is 809. The second-order valence-electron chi connectivity index (χ2n) is 8.16. The average Bonchev–Trinajstić information content (AvgIpc) is 3.18. The lowest BCUT2D eigenvalue weighted by Gasteiger charge is -2.41. The number of unbranched alkanes of at least 4 members (excludes halogenated alkanes) is 1. The highest BCUT2D eigenvalue weighted by Crippen LogP contribution is 2.41. The molecule has 1 N–H and O–H groups in total. The predicted molar refractivity (Wildman–Crippen MR) is 119 cm³/mol. The number of para-hydroxylation sites is 1. The summed E-state index contributed by atoms with van der Waals surface area (Å²) in [5.74, 6) is 0.997. The fraction of sp³-hybridized carbons (Fsp3) is 0.565. The van der Waals surface area contributed by atoms with Crippen LogP contribution in [-0.4, -0.2) is 47.2 Å². The maximum absolute atomic E-state index is 13.0. The molecule has 1 amide bonds. The summed E-state index contributed by atoms with van der Waals surface area (Å²) in [6.45, 7) is 5.64. The summed E-state index contributed by atoms with van der Waals surface area (Å²) in [5, 5.41) is 1.05. The van der Waals surface area contributed by atoms with Gasteiger partial charge in [-0.3, -0.25) is 9.59 Å². The number of aromatic amines is 1. The van der Waals surface area contributed by atoms with Crippen LogP contribution in [0, 0.1) is 11.3 Å². The summed E-state index contributed by atoms with van der Waals surface area (Å²) in [4.78, 5) is 30.9. The minimum atomic E-state index is -0.491. The first-order valence-electron chi connectivity index (χ1n) is 10.6. The van der Waals surface area contributed by atoms with Gasteiger partial charge in [-0.05, 0) is 63.3 Å². The lowest BCUT2D eigenvalue weighted by atomic mass is 9.69. The van der Waals surface area contributed by atoms with Crippen molar-refractivity contribution in [2.45, 2.75) is 46.0 Å². The highest BCUT2D eigenvalue weighted by Gasteiger charge is 2.43. The monoisotopic (exact) mass is 416 g/mol. The Hall–Kier alpha value is -1.95. The van der Waals surface area contributed by atoms with E-state index in [1.807, 2.05) is 49.1 Å². The number of thiol groups is 1. The number of hydrogen-bond donors (Lipinski definition) is 2. The minimum Gasteiger partial charge on any atom is -0.466 e. The molecule has 1 fully saturated rings. The van der Waals surface area contributed by atoms with Gasteiger partial charge < -0.3 is 14.6 Å².